The topological polar surface area (TPSA) is 118 Å². The van der Waals surface area contributed by atoms with Gasteiger partial charge in [0.2, 0.25) is 0 Å². The number of hydrogen-bond acceptors (Lipinski definition) is 5. The van der Waals surface area contributed by atoms with Crippen LogP contribution < -0.4 is 5.73 Å². The Morgan fingerprint density at radius 3 is 2.14 bits per heavy atom. The third-order valence-corrected chi connectivity index (χ3v) is 1.59. The minimum atomic E-state index is -3.67. The Hall–Kier alpha value is -0.310. The van der Waals surface area contributed by atoms with Crippen LogP contribution in [0.25, 0.3) is 0 Å². The maximum Gasteiger partial charge on any atom is 0.320 e. The lowest BCUT2D eigenvalue weighted by Gasteiger charge is -2.02. The van der Waals surface area contributed by atoms with E-state index in [9.17, 15) is 13.2 Å². The Labute approximate surface area is 87.6 Å². The van der Waals surface area contributed by atoms with Crippen molar-refractivity contribution in [3.63, 3.8) is 0 Å². The van der Waals surface area contributed by atoms with Gasteiger partial charge in [-0.25, -0.2) is 0 Å². The van der Waals surface area contributed by atoms with Gasteiger partial charge in [0.1, 0.15) is 6.04 Å². The first-order chi connectivity index (χ1) is 6.18. The van der Waals surface area contributed by atoms with E-state index in [0.717, 1.165) is 5.75 Å². The third kappa shape index (κ3) is 22.6. The van der Waals surface area contributed by atoms with E-state index < -0.39 is 22.1 Å². The van der Waals surface area contributed by atoms with Gasteiger partial charge in [0.15, 0.2) is 0 Å². The molecule has 0 fully saturated rings. The molecule has 86 valence electrons. The van der Waals surface area contributed by atoms with Crippen molar-refractivity contribution in [2.24, 2.45) is 5.73 Å². The molecule has 14 heavy (non-hydrogen) atoms. The summed E-state index contributed by atoms with van der Waals surface area (Å²) in [5.74, 6) is -0.1000. The molecule has 1 unspecified atom stereocenters. The van der Waals surface area contributed by atoms with Crippen LogP contribution in [-0.4, -0.2) is 48.4 Å². The molecule has 0 spiro atoms. The van der Waals surface area contributed by atoms with Crippen LogP contribution >= 0.6 is 11.8 Å². The lowest BCUT2D eigenvalue weighted by atomic mass is 10.2. The summed E-state index contributed by atoms with van der Waals surface area (Å²) in [6.07, 6.45) is 3.19. The first-order valence-electron chi connectivity index (χ1n) is 3.58. The molecule has 0 aliphatic heterocycles. The molecule has 4 N–H and O–H groups in total. The normalized spacial score (nSPS) is 12.6. The zero-order chi connectivity index (χ0) is 11.8. The van der Waals surface area contributed by atoms with Gasteiger partial charge in [0.25, 0.3) is 10.1 Å². The summed E-state index contributed by atoms with van der Waals surface area (Å²) in [5, 5.41) is 8.27. The van der Waals surface area contributed by atoms with Crippen molar-refractivity contribution in [2.45, 2.75) is 12.5 Å². The fraction of sp³-hybridized carbons (Fsp3) is 0.833. The van der Waals surface area contributed by atoms with Crippen LogP contribution in [0.4, 0.5) is 0 Å². The molecule has 0 bridgehead atoms. The molecule has 0 heterocycles. The Morgan fingerprint density at radius 1 is 1.57 bits per heavy atom. The van der Waals surface area contributed by atoms with Crippen molar-refractivity contribution in [3.05, 3.63) is 0 Å². The predicted molar refractivity (Wildman–Crippen MR) is 56.1 cm³/mol. The summed E-state index contributed by atoms with van der Waals surface area (Å²) in [4.78, 5) is 10.1. The van der Waals surface area contributed by atoms with Gasteiger partial charge >= 0.3 is 5.97 Å². The van der Waals surface area contributed by atoms with E-state index >= 15 is 0 Å². The molecule has 0 aromatic carbocycles. The number of carbonyl (C=O) groups is 1. The van der Waals surface area contributed by atoms with E-state index in [1.165, 1.54) is 0 Å². The lowest BCUT2D eigenvalue weighted by molar-refractivity contribution is -0.138. The molecule has 0 aromatic heterocycles. The van der Waals surface area contributed by atoms with E-state index in [1.54, 1.807) is 11.8 Å². The number of carboxylic acids is 1. The summed E-state index contributed by atoms with van der Waals surface area (Å²) in [5.41, 5.74) is 5.19. The predicted octanol–water partition coefficient (Wildman–Crippen LogP) is -0.345. The first-order valence-corrected chi connectivity index (χ1v) is 6.82. The van der Waals surface area contributed by atoms with Gasteiger partial charge < -0.3 is 10.8 Å². The maximum atomic E-state index is 10.1. The molecule has 0 rings (SSSR count). The molecule has 0 radical (unpaired) electrons. The van der Waals surface area contributed by atoms with Crippen LogP contribution in [0.2, 0.25) is 0 Å². The molecule has 6 nitrogen and oxygen atoms in total. The molecule has 0 amide bonds. The Kier molecular flexibility index (Phi) is 9.26. The van der Waals surface area contributed by atoms with Gasteiger partial charge in [-0.1, -0.05) is 0 Å². The van der Waals surface area contributed by atoms with Gasteiger partial charge in [-0.2, -0.15) is 20.2 Å². The van der Waals surface area contributed by atoms with Crippen molar-refractivity contribution in [3.8, 4) is 0 Å². The highest BCUT2D eigenvalue weighted by Gasteiger charge is 2.08. The maximum absolute atomic E-state index is 10.1. The third-order valence-electron chi connectivity index (χ3n) is 0.950. The number of nitrogens with two attached hydrogens (primary N) is 1. The SMILES string of the molecule is CS(=O)(=O)O.CSCCC(N)C(=O)O. The Bertz CT molecular complexity index is 243. The van der Waals surface area contributed by atoms with Gasteiger partial charge in [-0.05, 0) is 18.4 Å². The van der Waals surface area contributed by atoms with Crippen LogP contribution in [0.3, 0.4) is 0 Å². The minimum Gasteiger partial charge on any atom is -0.480 e. The zero-order valence-electron chi connectivity index (χ0n) is 8.00. The molecular weight excluding hydrogens is 230 g/mol. The van der Waals surface area contributed by atoms with Crippen molar-refractivity contribution >= 4 is 27.8 Å². The number of hydrogen-bond donors (Lipinski definition) is 3. The number of rotatable bonds is 4. The number of carboxylic acid groups (broad SMARTS) is 1. The highest BCUT2D eigenvalue weighted by Crippen LogP contribution is 1.97. The van der Waals surface area contributed by atoms with E-state index in [-0.39, 0.29) is 0 Å². The highest BCUT2D eigenvalue weighted by atomic mass is 32.2. The summed E-state index contributed by atoms with van der Waals surface area (Å²) >= 11 is 1.60. The van der Waals surface area contributed by atoms with Crippen LogP contribution in [0.15, 0.2) is 0 Å². The molecular formula is C6H15NO5S2. The quantitative estimate of drug-likeness (QED) is 0.579. The molecule has 0 aliphatic carbocycles. The van der Waals surface area contributed by atoms with Crippen LogP contribution in [0.5, 0.6) is 0 Å². The minimum absolute atomic E-state index is 0.552. The van der Waals surface area contributed by atoms with E-state index in [0.29, 0.717) is 12.7 Å². The van der Waals surface area contributed by atoms with Crippen molar-refractivity contribution in [1.82, 2.24) is 0 Å². The van der Waals surface area contributed by atoms with Gasteiger partial charge in [0.05, 0.1) is 6.26 Å². The largest absolute Gasteiger partial charge is 0.480 e. The fourth-order valence-electron chi connectivity index (χ4n) is 0.368. The van der Waals surface area contributed by atoms with Gasteiger partial charge in [0, 0.05) is 0 Å². The molecule has 1 atom stereocenters. The second kappa shape index (κ2) is 8.04. The van der Waals surface area contributed by atoms with Gasteiger partial charge in [-0.15, -0.1) is 0 Å². The zero-order valence-corrected chi connectivity index (χ0v) is 9.64. The lowest BCUT2D eigenvalue weighted by Crippen LogP contribution is -2.30. The summed E-state index contributed by atoms with van der Waals surface area (Å²) < 4.78 is 25.9. The first kappa shape index (κ1) is 16.1. The van der Waals surface area contributed by atoms with E-state index in [2.05, 4.69) is 0 Å². The van der Waals surface area contributed by atoms with Crippen molar-refractivity contribution in [1.29, 1.82) is 0 Å². The number of thioether (sulfide) groups is 1. The second-order valence-electron chi connectivity index (χ2n) is 2.46. The summed E-state index contributed by atoms with van der Waals surface area (Å²) in [7, 11) is -3.67. The van der Waals surface area contributed by atoms with E-state index in [4.69, 9.17) is 15.4 Å². The Morgan fingerprint density at radius 2 is 1.93 bits per heavy atom. The van der Waals surface area contributed by atoms with E-state index in [1.807, 2.05) is 6.26 Å². The fourth-order valence-corrected chi connectivity index (χ4v) is 0.858. The summed E-state index contributed by atoms with van der Waals surface area (Å²) in [6.45, 7) is 0. The average Bonchev–Trinajstić information content (AvgIpc) is 1.96. The van der Waals surface area contributed by atoms with Gasteiger partial charge in [-0.3, -0.25) is 9.35 Å². The molecule has 8 heteroatoms. The second-order valence-corrected chi connectivity index (χ2v) is 4.91. The van der Waals surface area contributed by atoms with Crippen LogP contribution in [0, 0.1) is 0 Å². The monoisotopic (exact) mass is 245 g/mol. The highest BCUT2D eigenvalue weighted by molar-refractivity contribution is 7.98. The molecule has 0 aliphatic rings. The van der Waals surface area contributed by atoms with Crippen molar-refractivity contribution < 1.29 is 22.9 Å². The standard InChI is InChI=1S/C5H11NO2S.CH4O3S/c1-9-3-2-4(6)5(7)8;1-5(2,3)4/h4H,2-3,6H2,1H3,(H,7,8);1H3,(H,2,3,4). The Balaban J connectivity index is 0. The smallest absolute Gasteiger partial charge is 0.320 e. The van der Waals surface area contributed by atoms with Crippen LogP contribution in [-0.2, 0) is 14.9 Å². The molecule has 0 saturated heterocycles. The summed E-state index contributed by atoms with van der Waals surface area (Å²) in [6, 6.07) is -0.683. The number of aliphatic carboxylic acids is 1. The van der Waals surface area contributed by atoms with Crippen LogP contribution in [0.1, 0.15) is 6.42 Å². The van der Waals surface area contributed by atoms with Crippen molar-refractivity contribution in [2.75, 3.05) is 18.3 Å². The molecule has 0 saturated carbocycles. The molecule has 0 aromatic rings. The average molecular weight is 245 g/mol.